The molecule has 1 aliphatic rings. The molecule has 0 aliphatic carbocycles. The van der Waals surface area contributed by atoms with Gasteiger partial charge in [0.2, 0.25) is 0 Å². The lowest BCUT2D eigenvalue weighted by Crippen LogP contribution is -2.31. The molecule has 1 saturated heterocycles. The van der Waals surface area contributed by atoms with Crippen LogP contribution >= 0.6 is 0 Å². The third kappa shape index (κ3) is 5.11. The normalized spacial score (nSPS) is 16.8. The number of aromatic nitrogens is 2. The van der Waals surface area contributed by atoms with Gasteiger partial charge >= 0.3 is 0 Å². The average molecular weight is 402 g/mol. The molecular formula is C23H35N3O3. The van der Waals surface area contributed by atoms with E-state index < -0.39 is 0 Å². The number of hydrogen-bond donors (Lipinski definition) is 0. The third-order valence-corrected chi connectivity index (χ3v) is 5.69. The van der Waals surface area contributed by atoms with Crippen LogP contribution in [0.1, 0.15) is 55.2 Å². The van der Waals surface area contributed by atoms with E-state index >= 15 is 0 Å². The molecule has 0 unspecified atom stereocenters. The quantitative estimate of drug-likeness (QED) is 0.628. The second kappa shape index (κ2) is 9.63. The van der Waals surface area contributed by atoms with Crippen molar-refractivity contribution in [1.82, 2.24) is 14.7 Å². The predicted molar refractivity (Wildman–Crippen MR) is 115 cm³/mol. The molecule has 0 amide bonds. The number of benzene rings is 1. The number of hydrogen-bond acceptors (Lipinski definition) is 5. The molecule has 1 fully saturated rings. The highest BCUT2D eigenvalue weighted by Gasteiger charge is 2.22. The minimum atomic E-state index is 0.302. The molecule has 2 heterocycles. The Balaban J connectivity index is 1.83. The van der Waals surface area contributed by atoms with Crippen molar-refractivity contribution in [2.45, 2.75) is 65.8 Å². The molecule has 0 radical (unpaired) electrons. The van der Waals surface area contributed by atoms with Crippen LogP contribution in [0.3, 0.4) is 0 Å². The molecule has 0 spiro atoms. The van der Waals surface area contributed by atoms with Gasteiger partial charge in [0.25, 0.3) is 0 Å². The van der Waals surface area contributed by atoms with Crippen molar-refractivity contribution in [3.63, 3.8) is 0 Å². The van der Waals surface area contributed by atoms with Crippen molar-refractivity contribution in [2.24, 2.45) is 0 Å². The van der Waals surface area contributed by atoms with E-state index in [0.29, 0.717) is 12.1 Å². The zero-order valence-electron chi connectivity index (χ0n) is 18.7. The Bertz CT molecular complexity index is 810. The SMILES string of the molecule is COc1ccc(CN(Cc2c(C)nn(C(C)C)c2C)C[C@H]2CCCO2)cc1OC. The van der Waals surface area contributed by atoms with Crippen LogP contribution in [0.4, 0.5) is 0 Å². The van der Waals surface area contributed by atoms with E-state index in [4.69, 9.17) is 19.3 Å². The van der Waals surface area contributed by atoms with Gasteiger partial charge < -0.3 is 14.2 Å². The van der Waals surface area contributed by atoms with E-state index in [9.17, 15) is 0 Å². The number of nitrogens with zero attached hydrogens (tertiary/aromatic N) is 3. The second-order valence-corrected chi connectivity index (χ2v) is 8.18. The maximum absolute atomic E-state index is 5.94. The molecule has 1 atom stereocenters. The van der Waals surface area contributed by atoms with E-state index in [1.54, 1.807) is 14.2 Å². The summed E-state index contributed by atoms with van der Waals surface area (Å²) < 4.78 is 19.0. The highest BCUT2D eigenvalue weighted by atomic mass is 16.5. The number of methoxy groups -OCH3 is 2. The Morgan fingerprint density at radius 3 is 2.52 bits per heavy atom. The van der Waals surface area contributed by atoms with Gasteiger partial charge in [-0.3, -0.25) is 9.58 Å². The molecule has 1 aliphatic heterocycles. The molecule has 1 aromatic heterocycles. The van der Waals surface area contributed by atoms with Crippen molar-refractivity contribution in [3.8, 4) is 11.5 Å². The van der Waals surface area contributed by atoms with Gasteiger partial charge in [-0.25, -0.2) is 0 Å². The van der Waals surface area contributed by atoms with Gasteiger partial charge in [0.15, 0.2) is 11.5 Å². The van der Waals surface area contributed by atoms with E-state index in [1.807, 2.05) is 6.07 Å². The molecular weight excluding hydrogens is 366 g/mol. The van der Waals surface area contributed by atoms with Crippen LogP contribution in [0.25, 0.3) is 0 Å². The summed E-state index contributed by atoms with van der Waals surface area (Å²) in [6, 6.07) is 6.52. The van der Waals surface area contributed by atoms with E-state index in [0.717, 1.165) is 56.3 Å². The van der Waals surface area contributed by atoms with Gasteiger partial charge in [0, 0.05) is 43.5 Å². The molecule has 29 heavy (non-hydrogen) atoms. The predicted octanol–water partition coefficient (Wildman–Crippen LogP) is 4.28. The van der Waals surface area contributed by atoms with Gasteiger partial charge in [-0.05, 0) is 58.2 Å². The molecule has 3 rings (SSSR count). The summed E-state index contributed by atoms with van der Waals surface area (Å²) in [5.74, 6) is 1.52. The summed E-state index contributed by atoms with van der Waals surface area (Å²) in [6.07, 6.45) is 2.58. The summed E-state index contributed by atoms with van der Waals surface area (Å²) in [6.45, 7) is 12.1. The Morgan fingerprint density at radius 2 is 1.93 bits per heavy atom. The molecule has 0 bridgehead atoms. The first-order valence-corrected chi connectivity index (χ1v) is 10.5. The van der Waals surface area contributed by atoms with Crippen LogP contribution in [0.2, 0.25) is 0 Å². The van der Waals surface area contributed by atoms with E-state index in [2.05, 4.69) is 49.4 Å². The lowest BCUT2D eigenvalue weighted by molar-refractivity contribution is 0.0677. The summed E-state index contributed by atoms with van der Waals surface area (Å²) >= 11 is 0. The molecule has 6 nitrogen and oxygen atoms in total. The van der Waals surface area contributed by atoms with Crippen molar-refractivity contribution in [3.05, 3.63) is 40.7 Å². The van der Waals surface area contributed by atoms with Gasteiger partial charge in [-0.15, -0.1) is 0 Å². The monoisotopic (exact) mass is 401 g/mol. The lowest BCUT2D eigenvalue weighted by atomic mass is 10.1. The Hall–Kier alpha value is -2.05. The number of rotatable bonds is 9. The fourth-order valence-corrected chi connectivity index (χ4v) is 4.15. The fourth-order valence-electron chi connectivity index (χ4n) is 4.15. The highest BCUT2D eigenvalue weighted by molar-refractivity contribution is 5.42. The van der Waals surface area contributed by atoms with Gasteiger partial charge in [0.05, 0.1) is 26.0 Å². The molecule has 1 aromatic carbocycles. The second-order valence-electron chi connectivity index (χ2n) is 8.18. The van der Waals surface area contributed by atoms with Crippen molar-refractivity contribution in [1.29, 1.82) is 0 Å². The summed E-state index contributed by atoms with van der Waals surface area (Å²) in [5, 5.41) is 4.77. The van der Waals surface area contributed by atoms with Crippen LogP contribution < -0.4 is 9.47 Å². The van der Waals surface area contributed by atoms with Gasteiger partial charge in [-0.2, -0.15) is 5.10 Å². The first-order chi connectivity index (χ1) is 13.9. The van der Waals surface area contributed by atoms with Crippen LogP contribution in [-0.2, 0) is 17.8 Å². The van der Waals surface area contributed by atoms with Crippen LogP contribution in [-0.4, -0.2) is 48.2 Å². The maximum atomic E-state index is 5.94. The minimum absolute atomic E-state index is 0.302. The van der Waals surface area contributed by atoms with Crippen molar-refractivity contribution >= 4 is 0 Å². The number of aryl methyl sites for hydroxylation is 1. The number of ether oxygens (including phenoxy) is 3. The molecule has 2 aromatic rings. The highest BCUT2D eigenvalue weighted by Crippen LogP contribution is 2.29. The largest absolute Gasteiger partial charge is 0.493 e. The minimum Gasteiger partial charge on any atom is -0.493 e. The molecule has 0 N–H and O–H groups in total. The molecule has 0 saturated carbocycles. The van der Waals surface area contributed by atoms with Crippen LogP contribution in [0.15, 0.2) is 18.2 Å². The first kappa shape index (κ1) is 21.7. The van der Waals surface area contributed by atoms with Crippen molar-refractivity contribution in [2.75, 3.05) is 27.4 Å². The average Bonchev–Trinajstić information content (AvgIpc) is 3.31. The zero-order chi connectivity index (χ0) is 21.0. The van der Waals surface area contributed by atoms with Crippen molar-refractivity contribution < 1.29 is 14.2 Å². The first-order valence-electron chi connectivity index (χ1n) is 10.5. The fraction of sp³-hybridized carbons (Fsp3) is 0.609. The lowest BCUT2D eigenvalue weighted by Gasteiger charge is -2.26. The van der Waals surface area contributed by atoms with E-state index in [-0.39, 0.29) is 0 Å². The summed E-state index contributed by atoms with van der Waals surface area (Å²) in [4.78, 5) is 2.47. The Kier molecular flexibility index (Phi) is 7.19. The zero-order valence-corrected chi connectivity index (χ0v) is 18.7. The Morgan fingerprint density at radius 1 is 1.17 bits per heavy atom. The summed E-state index contributed by atoms with van der Waals surface area (Å²) in [5.41, 5.74) is 4.88. The van der Waals surface area contributed by atoms with Crippen LogP contribution in [0.5, 0.6) is 11.5 Å². The Labute approximate surface area is 174 Å². The standard InChI is InChI=1S/C23H35N3O3/c1-16(2)26-18(4)21(17(3)24-26)15-25(14-20-8-7-11-29-20)13-19-9-10-22(27-5)23(12-19)28-6/h9-10,12,16,20H,7-8,11,13-15H2,1-6H3/t20-/m1/s1. The molecule has 6 heteroatoms. The van der Waals surface area contributed by atoms with Gasteiger partial charge in [-0.1, -0.05) is 6.07 Å². The van der Waals surface area contributed by atoms with E-state index in [1.165, 1.54) is 16.8 Å². The van der Waals surface area contributed by atoms with Crippen LogP contribution in [0, 0.1) is 13.8 Å². The molecule has 160 valence electrons. The maximum Gasteiger partial charge on any atom is 0.161 e. The smallest absolute Gasteiger partial charge is 0.161 e. The third-order valence-electron chi connectivity index (χ3n) is 5.69. The van der Waals surface area contributed by atoms with Gasteiger partial charge in [0.1, 0.15) is 0 Å². The topological polar surface area (TPSA) is 48.8 Å². The summed E-state index contributed by atoms with van der Waals surface area (Å²) in [7, 11) is 3.35.